The Kier molecular flexibility index (Phi) is 6.94. The van der Waals surface area contributed by atoms with E-state index in [1.807, 2.05) is 54.6 Å². The summed E-state index contributed by atoms with van der Waals surface area (Å²) in [5.74, 6) is 0.383. The largest absolute Gasteiger partial charge is 0.465 e. The van der Waals surface area contributed by atoms with Gasteiger partial charge in [-0.1, -0.05) is 54.6 Å². The fourth-order valence-electron chi connectivity index (χ4n) is 5.92. The quantitative estimate of drug-likeness (QED) is 0.304. The number of amides is 1. The van der Waals surface area contributed by atoms with Crippen LogP contribution in [0.15, 0.2) is 72.8 Å². The van der Waals surface area contributed by atoms with Crippen molar-refractivity contribution in [1.82, 2.24) is 19.9 Å². The third kappa shape index (κ3) is 5.20. The van der Waals surface area contributed by atoms with Crippen LogP contribution in [0.3, 0.4) is 0 Å². The molecule has 0 saturated carbocycles. The van der Waals surface area contributed by atoms with Gasteiger partial charge in [0.25, 0.3) is 0 Å². The predicted octanol–water partition coefficient (Wildman–Crippen LogP) is 5.59. The van der Waals surface area contributed by atoms with Gasteiger partial charge < -0.3 is 10.0 Å². The molecular weight excluding hydrogens is 490 g/mol. The van der Waals surface area contributed by atoms with E-state index in [4.69, 9.17) is 0 Å². The molecule has 8 heteroatoms. The summed E-state index contributed by atoms with van der Waals surface area (Å²) < 4.78 is 0. The van der Waals surface area contributed by atoms with Crippen molar-refractivity contribution in [2.24, 2.45) is 5.92 Å². The number of anilines is 1. The van der Waals surface area contributed by atoms with Gasteiger partial charge in [0.1, 0.15) is 17.3 Å². The molecule has 0 spiro atoms. The molecule has 1 atom stereocenters. The van der Waals surface area contributed by atoms with Gasteiger partial charge in [0.15, 0.2) is 0 Å². The zero-order valence-corrected chi connectivity index (χ0v) is 21.7. The number of aldehydes is 1. The second kappa shape index (κ2) is 10.8. The fourth-order valence-corrected chi connectivity index (χ4v) is 5.92. The maximum Gasteiger partial charge on any atom is 0.412 e. The number of allylic oxidation sites excluding steroid dienone is 1. The number of carbonyl (C=O) groups is 2. The summed E-state index contributed by atoms with van der Waals surface area (Å²) in [6.45, 7) is 3.49. The number of hydrogen-bond acceptors (Lipinski definition) is 5. The number of hydrogen-bond donors (Lipinski definition) is 1. The highest BCUT2D eigenvalue weighted by molar-refractivity contribution is 5.94. The highest BCUT2D eigenvalue weighted by Gasteiger charge is 2.40. The molecule has 7 rings (SSSR count). The zero-order valence-electron chi connectivity index (χ0n) is 21.7. The lowest BCUT2D eigenvalue weighted by Crippen LogP contribution is -2.59. The van der Waals surface area contributed by atoms with E-state index in [0.29, 0.717) is 30.0 Å². The molecular formula is C31H31N5O3. The van der Waals surface area contributed by atoms with Crippen LogP contribution < -0.4 is 4.90 Å². The Morgan fingerprint density at radius 2 is 1.74 bits per heavy atom. The summed E-state index contributed by atoms with van der Waals surface area (Å²) in [5.41, 5.74) is 5.65. The molecule has 3 fully saturated rings. The lowest BCUT2D eigenvalue weighted by molar-refractivity contribution is 0.0838. The molecule has 3 aliphatic heterocycles. The van der Waals surface area contributed by atoms with Crippen LogP contribution >= 0.6 is 0 Å². The highest BCUT2D eigenvalue weighted by atomic mass is 16.4. The molecule has 0 aliphatic carbocycles. The molecule has 3 aliphatic rings. The Labute approximate surface area is 227 Å². The van der Waals surface area contributed by atoms with Gasteiger partial charge in [-0.25, -0.2) is 4.79 Å². The molecule has 3 aromatic carbocycles. The average Bonchev–Trinajstić information content (AvgIpc) is 3.38. The molecule has 3 saturated heterocycles. The summed E-state index contributed by atoms with van der Waals surface area (Å²) in [7, 11) is 0. The summed E-state index contributed by atoms with van der Waals surface area (Å²) in [6.07, 6.45) is 6.79. The van der Waals surface area contributed by atoms with Gasteiger partial charge in [0.05, 0.1) is 18.3 Å². The Bertz CT molecular complexity index is 1520. The van der Waals surface area contributed by atoms with Gasteiger partial charge in [-0.05, 0) is 73.7 Å². The minimum atomic E-state index is -0.901. The van der Waals surface area contributed by atoms with E-state index in [-0.39, 0.29) is 6.04 Å². The standard InChI is InChI=1S/C31H31N5O3/c37-21-23-10-12-27-28(18-23)33-35(32-27)15-5-4-6-22-9-11-26(24-7-2-1-3-8-24)29(19-22)36(31(38)39)30-20-34-16-13-25(30)14-17-34/h1-4,6-12,18-19,21,25,30H,5,13-17,20H2,(H,38,39)/t30-/m0/s1. The molecule has 8 nitrogen and oxygen atoms in total. The Morgan fingerprint density at radius 3 is 2.46 bits per heavy atom. The number of carbonyl (C=O) groups excluding carboxylic acids is 1. The molecule has 39 heavy (non-hydrogen) atoms. The first-order chi connectivity index (χ1) is 19.1. The van der Waals surface area contributed by atoms with Crippen molar-refractivity contribution in [2.75, 3.05) is 24.5 Å². The molecule has 0 unspecified atom stereocenters. The summed E-state index contributed by atoms with van der Waals surface area (Å²) in [6, 6.07) is 21.3. The minimum Gasteiger partial charge on any atom is -0.465 e. The maximum absolute atomic E-state index is 12.8. The maximum atomic E-state index is 12.8. The van der Waals surface area contributed by atoms with Crippen molar-refractivity contribution in [2.45, 2.75) is 31.8 Å². The Morgan fingerprint density at radius 1 is 0.974 bits per heavy atom. The van der Waals surface area contributed by atoms with Gasteiger partial charge in [-0.15, -0.1) is 0 Å². The van der Waals surface area contributed by atoms with Gasteiger partial charge >= 0.3 is 6.09 Å². The molecule has 4 aromatic rings. The molecule has 2 bridgehead atoms. The average molecular weight is 522 g/mol. The Balaban J connectivity index is 1.26. The lowest BCUT2D eigenvalue weighted by atomic mass is 9.82. The number of nitrogens with zero attached hydrogens (tertiary/aromatic N) is 5. The van der Waals surface area contributed by atoms with Gasteiger partial charge in [0, 0.05) is 17.7 Å². The van der Waals surface area contributed by atoms with Crippen molar-refractivity contribution < 1.29 is 14.7 Å². The van der Waals surface area contributed by atoms with Crippen LogP contribution in [0.25, 0.3) is 28.2 Å². The van der Waals surface area contributed by atoms with Crippen LogP contribution in [-0.2, 0) is 6.54 Å². The van der Waals surface area contributed by atoms with Crippen LogP contribution in [0, 0.1) is 5.92 Å². The summed E-state index contributed by atoms with van der Waals surface area (Å²) >= 11 is 0. The highest BCUT2D eigenvalue weighted by Crippen LogP contribution is 2.38. The third-order valence-electron chi connectivity index (χ3n) is 7.91. The number of rotatable bonds is 8. The lowest BCUT2D eigenvalue weighted by Gasteiger charge is -2.48. The van der Waals surface area contributed by atoms with E-state index < -0.39 is 6.09 Å². The predicted molar refractivity (Wildman–Crippen MR) is 152 cm³/mol. The molecule has 4 heterocycles. The van der Waals surface area contributed by atoms with Crippen LogP contribution in [0.5, 0.6) is 0 Å². The number of piperidine rings is 3. The second-order valence-electron chi connectivity index (χ2n) is 10.4. The van der Waals surface area contributed by atoms with Crippen molar-refractivity contribution >= 4 is 35.2 Å². The molecule has 1 N–H and O–H groups in total. The van der Waals surface area contributed by atoms with Gasteiger partial charge in [0.2, 0.25) is 0 Å². The van der Waals surface area contributed by atoms with Gasteiger partial charge in [-0.3, -0.25) is 9.69 Å². The van der Waals surface area contributed by atoms with Crippen molar-refractivity contribution in [3.8, 4) is 11.1 Å². The monoisotopic (exact) mass is 521 g/mol. The minimum absolute atomic E-state index is 0.0496. The first-order valence-electron chi connectivity index (χ1n) is 13.5. The first kappa shape index (κ1) is 25.0. The molecule has 1 aromatic heterocycles. The van der Waals surface area contributed by atoms with Crippen LogP contribution in [0.2, 0.25) is 0 Å². The molecule has 198 valence electrons. The van der Waals surface area contributed by atoms with E-state index in [1.165, 1.54) is 0 Å². The van der Waals surface area contributed by atoms with Gasteiger partial charge in [-0.2, -0.15) is 15.0 Å². The number of fused-ring (bicyclic) bond motifs is 4. The zero-order chi connectivity index (χ0) is 26.8. The number of aryl methyl sites for hydroxylation is 1. The summed E-state index contributed by atoms with van der Waals surface area (Å²) in [5, 5.41) is 19.4. The van der Waals surface area contributed by atoms with E-state index >= 15 is 0 Å². The van der Waals surface area contributed by atoms with Crippen molar-refractivity contribution in [3.05, 3.63) is 83.9 Å². The van der Waals surface area contributed by atoms with Crippen molar-refractivity contribution in [1.29, 1.82) is 0 Å². The van der Waals surface area contributed by atoms with E-state index in [0.717, 1.165) is 66.7 Å². The van der Waals surface area contributed by atoms with Crippen LogP contribution in [0.4, 0.5) is 10.5 Å². The molecule has 0 radical (unpaired) electrons. The Hall–Kier alpha value is -4.30. The molecule has 1 amide bonds. The SMILES string of the molecule is O=Cc1ccc2nn(CCC=Cc3ccc(-c4ccccc4)c(N(C(=O)O)[C@H]4CN5CCC4CC5)c3)nc2c1. The topological polar surface area (TPSA) is 91.6 Å². The second-order valence-corrected chi connectivity index (χ2v) is 10.4. The summed E-state index contributed by atoms with van der Waals surface area (Å²) in [4.78, 5) is 29.4. The smallest absolute Gasteiger partial charge is 0.412 e. The van der Waals surface area contributed by atoms with E-state index in [2.05, 4.69) is 21.2 Å². The number of aromatic nitrogens is 3. The van der Waals surface area contributed by atoms with E-state index in [1.54, 1.807) is 27.9 Å². The fraction of sp³-hybridized carbons (Fsp3) is 0.290. The van der Waals surface area contributed by atoms with E-state index in [9.17, 15) is 14.7 Å². The first-order valence-corrected chi connectivity index (χ1v) is 13.5. The number of carboxylic acid groups (broad SMARTS) is 1. The van der Waals surface area contributed by atoms with Crippen LogP contribution in [-0.4, -0.2) is 63.1 Å². The van der Waals surface area contributed by atoms with Crippen LogP contribution in [0.1, 0.15) is 35.2 Å². The third-order valence-corrected chi connectivity index (χ3v) is 7.91. The normalized spacial score (nSPS) is 20.5. The van der Waals surface area contributed by atoms with Crippen molar-refractivity contribution in [3.63, 3.8) is 0 Å². The number of benzene rings is 3.